The summed E-state index contributed by atoms with van der Waals surface area (Å²) in [5.41, 5.74) is 1.16. The van der Waals surface area contributed by atoms with Crippen molar-refractivity contribution in [2.24, 2.45) is 0 Å². The Bertz CT molecular complexity index is 675. The zero-order chi connectivity index (χ0) is 13.9. The van der Waals surface area contributed by atoms with Crippen molar-refractivity contribution in [2.75, 3.05) is 11.8 Å². The van der Waals surface area contributed by atoms with Crippen molar-refractivity contribution >= 4 is 29.0 Å². The van der Waals surface area contributed by atoms with E-state index >= 15 is 0 Å². The van der Waals surface area contributed by atoms with Gasteiger partial charge in [0, 0.05) is 6.20 Å². The molecular weight excluding hydrogens is 263 g/mol. The number of benzene rings is 1. The van der Waals surface area contributed by atoms with Crippen LogP contribution in [-0.4, -0.2) is 28.4 Å². The van der Waals surface area contributed by atoms with Crippen LogP contribution in [0.5, 0.6) is 5.88 Å². The highest BCUT2D eigenvalue weighted by molar-refractivity contribution is 7.92. The summed E-state index contributed by atoms with van der Waals surface area (Å²) in [4.78, 5) is 4.22. The van der Waals surface area contributed by atoms with Crippen molar-refractivity contribution in [2.45, 2.75) is 4.90 Å². The molecule has 1 aromatic carbocycles. The molecule has 19 heavy (non-hydrogen) atoms. The number of aromatic nitrogens is 1. The van der Waals surface area contributed by atoms with Crippen LogP contribution in [0, 0.1) is 0 Å². The SMILES string of the molecule is Bc1cnc(OC)c(NS(=O)(=O)c2ccccc2)c1. The fourth-order valence-corrected chi connectivity index (χ4v) is 2.66. The van der Waals surface area contributed by atoms with Gasteiger partial charge < -0.3 is 4.74 Å². The van der Waals surface area contributed by atoms with Crippen molar-refractivity contribution in [3.63, 3.8) is 0 Å². The first kappa shape index (κ1) is 13.4. The molecule has 0 aliphatic carbocycles. The predicted molar refractivity (Wildman–Crippen MR) is 76.2 cm³/mol. The lowest BCUT2D eigenvalue weighted by Gasteiger charge is -2.11. The second kappa shape index (κ2) is 5.32. The lowest BCUT2D eigenvalue weighted by Crippen LogP contribution is -2.16. The van der Waals surface area contributed by atoms with E-state index in [0.717, 1.165) is 5.46 Å². The minimum absolute atomic E-state index is 0.193. The molecule has 0 atom stereocenters. The van der Waals surface area contributed by atoms with Gasteiger partial charge >= 0.3 is 0 Å². The number of anilines is 1. The smallest absolute Gasteiger partial charge is 0.262 e. The fraction of sp³-hybridized carbons (Fsp3) is 0.0833. The lowest BCUT2D eigenvalue weighted by atomic mass is 9.99. The maximum atomic E-state index is 12.2. The largest absolute Gasteiger partial charge is 0.480 e. The Labute approximate surface area is 113 Å². The van der Waals surface area contributed by atoms with Crippen molar-refractivity contribution in [1.82, 2.24) is 4.98 Å². The summed E-state index contributed by atoms with van der Waals surface area (Å²) < 4.78 is 31.9. The van der Waals surface area contributed by atoms with E-state index in [9.17, 15) is 8.42 Å². The van der Waals surface area contributed by atoms with E-state index in [0.29, 0.717) is 5.69 Å². The van der Waals surface area contributed by atoms with Gasteiger partial charge in [0.2, 0.25) is 5.88 Å². The van der Waals surface area contributed by atoms with Crippen molar-refractivity contribution in [3.05, 3.63) is 42.6 Å². The first-order valence-electron chi connectivity index (χ1n) is 5.61. The molecule has 1 aromatic heterocycles. The van der Waals surface area contributed by atoms with Crippen LogP contribution < -0.4 is 14.9 Å². The number of ether oxygens (including phenoxy) is 1. The van der Waals surface area contributed by atoms with Crippen LogP contribution in [0.15, 0.2) is 47.5 Å². The van der Waals surface area contributed by atoms with Crippen LogP contribution in [0.1, 0.15) is 0 Å². The summed E-state index contributed by atoms with van der Waals surface area (Å²) in [6.07, 6.45) is 1.61. The molecule has 0 amide bonds. The normalized spacial score (nSPS) is 11.0. The molecule has 0 radical (unpaired) electrons. The number of methoxy groups -OCH3 is 1. The Kier molecular flexibility index (Phi) is 3.75. The molecule has 7 heteroatoms. The number of hydrogen-bond donors (Lipinski definition) is 1. The van der Waals surface area contributed by atoms with Gasteiger partial charge in [0.15, 0.2) is 0 Å². The fourth-order valence-electron chi connectivity index (χ4n) is 1.60. The molecular formula is C12H13BN2O3S. The minimum atomic E-state index is -3.63. The van der Waals surface area contributed by atoms with Gasteiger partial charge in [-0.05, 0) is 18.2 Å². The number of hydrogen-bond acceptors (Lipinski definition) is 4. The standard InChI is InChI=1S/C12H13BN2O3S/c1-18-12-11(7-9(13)8-14-12)15-19(16,17)10-5-3-2-4-6-10/h2-8,15H,13H2,1H3. The van der Waals surface area contributed by atoms with Crippen LogP contribution >= 0.6 is 0 Å². The summed E-state index contributed by atoms with van der Waals surface area (Å²) in [6, 6.07) is 9.82. The van der Waals surface area contributed by atoms with Gasteiger partial charge in [-0.2, -0.15) is 0 Å². The van der Waals surface area contributed by atoms with Gasteiger partial charge in [0.25, 0.3) is 10.0 Å². The molecule has 1 N–H and O–H groups in total. The van der Waals surface area contributed by atoms with E-state index in [1.807, 2.05) is 7.85 Å². The Morgan fingerprint density at radius 1 is 1.26 bits per heavy atom. The number of sulfonamides is 1. The van der Waals surface area contributed by atoms with E-state index in [4.69, 9.17) is 4.74 Å². The molecule has 0 aliphatic rings. The molecule has 1 heterocycles. The van der Waals surface area contributed by atoms with E-state index in [1.165, 1.54) is 19.2 Å². The van der Waals surface area contributed by atoms with Crippen LogP contribution in [-0.2, 0) is 10.0 Å². The Balaban J connectivity index is 2.38. The highest BCUT2D eigenvalue weighted by Crippen LogP contribution is 2.22. The maximum Gasteiger partial charge on any atom is 0.262 e. The lowest BCUT2D eigenvalue weighted by molar-refractivity contribution is 0.400. The predicted octanol–water partition coefficient (Wildman–Crippen LogP) is 0.149. The van der Waals surface area contributed by atoms with Crippen molar-refractivity contribution in [3.8, 4) is 5.88 Å². The van der Waals surface area contributed by atoms with Crippen LogP contribution in [0.3, 0.4) is 0 Å². The first-order chi connectivity index (χ1) is 9.03. The molecule has 0 saturated carbocycles. The zero-order valence-corrected chi connectivity index (χ0v) is 11.4. The first-order valence-corrected chi connectivity index (χ1v) is 7.10. The summed E-state index contributed by atoms with van der Waals surface area (Å²) in [5.74, 6) is 0.241. The second-order valence-electron chi connectivity index (χ2n) is 3.99. The average Bonchev–Trinajstić information content (AvgIpc) is 2.39. The van der Waals surface area contributed by atoms with E-state index in [-0.39, 0.29) is 10.8 Å². The molecule has 0 saturated heterocycles. The monoisotopic (exact) mass is 276 g/mol. The number of pyridine rings is 1. The average molecular weight is 276 g/mol. The molecule has 98 valence electrons. The molecule has 2 rings (SSSR count). The van der Waals surface area contributed by atoms with Crippen LogP contribution in [0.25, 0.3) is 0 Å². The Morgan fingerprint density at radius 2 is 1.95 bits per heavy atom. The maximum absolute atomic E-state index is 12.2. The second-order valence-corrected chi connectivity index (χ2v) is 5.67. The number of nitrogens with one attached hydrogen (secondary N) is 1. The third kappa shape index (κ3) is 3.06. The molecule has 0 bridgehead atoms. The highest BCUT2D eigenvalue weighted by Gasteiger charge is 2.16. The summed E-state index contributed by atoms with van der Waals surface area (Å²) >= 11 is 0. The van der Waals surface area contributed by atoms with Gasteiger partial charge in [-0.1, -0.05) is 23.7 Å². The topological polar surface area (TPSA) is 68.3 Å². The van der Waals surface area contributed by atoms with Crippen LogP contribution in [0.2, 0.25) is 0 Å². The molecule has 0 fully saturated rings. The van der Waals surface area contributed by atoms with Crippen molar-refractivity contribution in [1.29, 1.82) is 0 Å². The van der Waals surface area contributed by atoms with Gasteiger partial charge in [0.05, 0.1) is 12.0 Å². The van der Waals surface area contributed by atoms with Gasteiger partial charge in [-0.25, -0.2) is 13.4 Å². The summed E-state index contributed by atoms with van der Waals surface area (Å²) in [6.45, 7) is 0. The quantitative estimate of drug-likeness (QED) is 0.807. The molecule has 0 unspecified atom stereocenters. The number of rotatable bonds is 4. The molecule has 0 aliphatic heterocycles. The highest BCUT2D eigenvalue weighted by atomic mass is 32.2. The zero-order valence-electron chi connectivity index (χ0n) is 10.6. The van der Waals surface area contributed by atoms with Crippen LogP contribution in [0.4, 0.5) is 5.69 Å². The molecule has 0 spiro atoms. The summed E-state index contributed by atoms with van der Waals surface area (Å²) in [5, 5.41) is 0. The van der Waals surface area contributed by atoms with E-state index in [2.05, 4.69) is 9.71 Å². The molecule has 5 nitrogen and oxygen atoms in total. The van der Waals surface area contributed by atoms with E-state index < -0.39 is 10.0 Å². The summed E-state index contributed by atoms with van der Waals surface area (Å²) in [7, 11) is -0.364. The van der Waals surface area contributed by atoms with Gasteiger partial charge in [-0.15, -0.1) is 0 Å². The Hall–Kier alpha value is -2.02. The van der Waals surface area contributed by atoms with Gasteiger partial charge in [0.1, 0.15) is 13.5 Å². The van der Waals surface area contributed by atoms with Gasteiger partial charge in [-0.3, -0.25) is 4.72 Å². The third-order valence-corrected chi connectivity index (χ3v) is 3.86. The Morgan fingerprint density at radius 3 is 2.58 bits per heavy atom. The number of nitrogens with zero attached hydrogens (tertiary/aromatic N) is 1. The minimum Gasteiger partial charge on any atom is -0.480 e. The third-order valence-electron chi connectivity index (χ3n) is 2.48. The van der Waals surface area contributed by atoms with Crippen molar-refractivity contribution < 1.29 is 13.2 Å². The molecule has 2 aromatic rings. The van der Waals surface area contributed by atoms with E-state index in [1.54, 1.807) is 30.5 Å².